The standard InChI is InChI=1S/C13H22N2O/c1-12(2,3)10-9-16-11(15-10)13(14)7-5-4-6-8-13/h9H,4-8,14H2,1-3H3. The Morgan fingerprint density at radius 2 is 1.88 bits per heavy atom. The molecule has 0 atom stereocenters. The second-order valence-corrected chi connectivity index (χ2v) is 6.00. The van der Waals surface area contributed by atoms with Crippen molar-refractivity contribution in [2.75, 3.05) is 0 Å². The predicted octanol–water partition coefficient (Wildman–Crippen LogP) is 3.09. The van der Waals surface area contributed by atoms with Crippen molar-refractivity contribution in [3.8, 4) is 0 Å². The molecule has 0 aliphatic heterocycles. The molecule has 1 aliphatic carbocycles. The highest BCUT2D eigenvalue weighted by Crippen LogP contribution is 2.35. The molecule has 0 spiro atoms. The number of oxazole rings is 1. The molecule has 1 saturated carbocycles. The Balaban J connectivity index is 2.24. The molecule has 0 saturated heterocycles. The number of aromatic nitrogens is 1. The monoisotopic (exact) mass is 222 g/mol. The summed E-state index contributed by atoms with van der Waals surface area (Å²) in [6.07, 6.45) is 7.41. The van der Waals surface area contributed by atoms with E-state index in [1.165, 1.54) is 19.3 Å². The molecule has 0 unspecified atom stereocenters. The lowest BCUT2D eigenvalue weighted by atomic mass is 9.82. The zero-order valence-corrected chi connectivity index (χ0v) is 10.5. The molecule has 1 fully saturated rings. The number of hydrogen-bond acceptors (Lipinski definition) is 3. The first-order valence-corrected chi connectivity index (χ1v) is 6.17. The average molecular weight is 222 g/mol. The molecule has 3 heteroatoms. The molecule has 90 valence electrons. The summed E-state index contributed by atoms with van der Waals surface area (Å²) in [6.45, 7) is 6.41. The van der Waals surface area contributed by atoms with Crippen LogP contribution in [-0.4, -0.2) is 4.98 Å². The van der Waals surface area contributed by atoms with Gasteiger partial charge < -0.3 is 10.2 Å². The van der Waals surface area contributed by atoms with Gasteiger partial charge in [-0.05, 0) is 12.8 Å². The fourth-order valence-electron chi connectivity index (χ4n) is 2.24. The van der Waals surface area contributed by atoms with Gasteiger partial charge in [0.25, 0.3) is 0 Å². The summed E-state index contributed by atoms with van der Waals surface area (Å²) in [5, 5.41) is 0. The lowest BCUT2D eigenvalue weighted by Crippen LogP contribution is -2.39. The second kappa shape index (κ2) is 3.88. The van der Waals surface area contributed by atoms with Crippen molar-refractivity contribution >= 4 is 0 Å². The van der Waals surface area contributed by atoms with Crippen LogP contribution in [0.25, 0.3) is 0 Å². The minimum atomic E-state index is -0.318. The van der Waals surface area contributed by atoms with E-state index in [1.54, 1.807) is 6.26 Å². The molecule has 0 bridgehead atoms. The van der Waals surface area contributed by atoms with Crippen molar-refractivity contribution in [3.05, 3.63) is 17.8 Å². The molecular formula is C13H22N2O. The topological polar surface area (TPSA) is 52.0 Å². The molecule has 0 aromatic carbocycles. The van der Waals surface area contributed by atoms with E-state index in [0.29, 0.717) is 0 Å². The van der Waals surface area contributed by atoms with Crippen molar-refractivity contribution in [3.63, 3.8) is 0 Å². The quantitative estimate of drug-likeness (QED) is 0.794. The summed E-state index contributed by atoms with van der Waals surface area (Å²) >= 11 is 0. The summed E-state index contributed by atoms with van der Waals surface area (Å²) < 4.78 is 5.60. The van der Waals surface area contributed by atoms with E-state index in [0.717, 1.165) is 24.4 Å². The van der Waals surface area contributed by atoms with Crippen LogP contribution < -0.4 is 5.73 Å². The van der Waals surface area contributed by atoms with Gasteiger partial charge in [-0.1, -0.05) is 40.0 Å². The fourth-order valence-corrected chi connectivity index (χ4v) is 2.24. The Hall–Kier alpha value is -0.830. The summed E-state index contributed by atoms with van der Waals surface area (Å²) in [5.74, 6) is 0.733. The van der Waals surface area contributed by atoms with Crippen LogP contribution in [-0.2, 0) is 11.0 Å². The van der Waals surface area contributed by atoms with Crippen molar-refractivity contribution in [1.29, 1.82) is 0 Å². The highest BCUT2D eigenvalue weighted by Gasteiger charge is 2.35. The first-order valence-electron chi connectivity index (χ1n) is 6.17. The third kappa shape index (κ3) is 2.14. The maximum absolute atomic E-state index is 6.38. The average Bonchev–Trinajstić information content (AvgIpc) is 2.67. The molecule has 1 aromatic heterocycles. The number of hydrogen-bond donors (Lipinski definition) is 1. The number of rotatable bonds is 1. The summed E-state index contributed by atoms with van der Waals surface area (Å²) in [6, 6.07) is 0. The molecule has 1 aromatic rings. The number of nitrogens with zero attached hydrogens (tertiary/aromatic N) is 1. The van der Waals surface area contributed by atoms with Crippen molar-refractivity contribution in [2.45, 2.75) is 63.8 Å². The van der Waals surface area contributed by atoms with Crippen LogP contribution in [0.5, 0.6) is 0 Å². The van der Waals surface area contributed by atoms with Gasteiger partial charge in [0.05, 0.1) is 11.2 Å². The van der Waals surface area contributed by atoms with Gasteiger partial charge in [0, 0.05) is 5.41 Å². The molecule has 16 heavy (non-hydrogen) atoms. The first kappa shape index (κ1) is 11.6. The van der Waals surface area contributed by atoms with Gasteiger partial charge in [-0.2, -0.15) is 0 Å². The van der Waals surface area contributed by atoms with E-state index in [2.05, 4.69) is 25.8 Å². The Morgan fingerprint density at radius 3 is 2.38 bits per heavy atom. The van der Waals surface area contributed by atoms with Gasteiger partial charge in [0.15, 0.2) is 0 Å². The molecular weight excluding hydrogens is 200 g/mol. The van der Waals surface area contributed by atoms with Crippen molar-refractivity contribution in [2.24, 2.45) is 5.73 Å². The van der Waals surface area contributed by atoms with E-state index in [9.17, 15) is 0 Å². The summed E-state index contributed by atoms with van der Waals surface area (Å²) in [4.78, 5) is 4.59. The summed E-state index contributed by atoms with van der Waals surface area (Å²) in [7, 11) is 0. The minimum absolute atomic E-state index is 0.0345. The highest BCUT2D eigenvalue weighted by molar-refractivity contribution is 5.13. The van der Waals surface area contributed by atoms with Crippen LogP contribution in [0.3, 0.4) is 0 Å². The van der Waals surface area contributed by atoms with E-state index in [-0.39, 0.29) is 11.0 Å². The van der Waals surface area contributed by atoms with Crippen LogP contribution in [0.4, 0.5) is 0 Å². The zero-order chi connectivity index (χ0) is 11.8. The largest absolute Gasteiger partial charge is 0.447 e. The van der Waals surface area contributed by atoms with Crippen molar-refractivity contribution < 1.29 is 4.42 Å². The SMILES string of the molecule is CC(C)(C)c1coc(C2(N)CCCCC2)n1. The van der Waals surface area contributed by atoms with Gasteiger partial charge in [0.2, 0.25) is 5.89 Å². The second-order valence-electron chi connectivity index (χ2n) is 6.00. The molecule has 3 nitrogen and oxygen atoms in total. The Kier molecular flexibility index (Phi) is 2.82. The molecule has 1 heterocycles. The van der Waals surface area contributed by atoms with Gasteiger partial charge in [-0.25, -0.2) is 4.98 Å². The normalized spacial score (nSPS) is 21.0. The zero-order valence-electron chi connectivity index (χ0n) is 10.5. The molecule has 1 aliphatic rings. The van der Waals surface area contributed by atoms with Crippen molar-refractivity contribution in [1.82, 2.24) is 4.98 Å². The van der Waals surface area contributed by atoms with Crippen LogP contribution in [0.2, 0.25) is 0 Å². The fraction of sp³-hybridized carbons (Fsp3) is 0.769. The van der Waals surface area contributed by atoms with E-state index < -0.39 is 0 Å². The maximum Gasteiger partial charge on any atom is 0.214 e. The van der Waals surface area contributed by atoms with Gasteiger partial charge in [-0.3, -0.25) is 0 Å². The highest BCUT2D eigenvalue weighted by atomic mass is 16.3. The third-order valence-corrected chi connectivity index (χ3v) is 3.44. The smallest absolute Gasteiger partial charge is 0.214 e. The lowest BCUT2D eigenvalue weighted by molar-refractivity contribution is 0.242. The van der Waals surface area contributed by atoms with Crippen LogP contribution in [0.15, 0.2) is 10.7 Å². The molecule has 2 rings (SSSR count). The minimum Gasteiger partial charge on any atom is -0.447 e. The Bertz CT molecular complexity index is 356. The summed E-state index contributed by atoms with van der Waals surface area (Å²) in [5.41, 5.74) is 7.10. The molecule has 0 amide bonds. The Labute approximate surface area is 97.4 Å². The first-order chi connectivity index (χ1) is 7.42. The predicted molar refractivity (Wildman–Crippen MR) is 64.2 cm³/mol. The van der Waals surface area contributed by atoms with Gasteiger partial charge in [0.1, 0.15) is 6.26 Å². The maximum atomic E-state index is 6.38. The molecule has 0 radical (unpaired) electrons. The van der Waals surface area contributed by atoms with E-state index in [4.69, 9.17) is 10.2 Å². The Morgan fingerprint density at radius 1 is 1.25 bits per heavy atom. The van der Waals surface area contributed by atoms with Crippen LogP contribution >= 0.6 is 0 Å². The van der Waals surface area contributed by atoms with Crippen LogP contribution in [0.1, 0.15) is 64.5 Å². The van der Waals surface area contributed by atoms with Crippen LogP contribution in [0, 0.1) is 0 Å². The van der Waals surface area contributed by atoms with Gasteiger partial charge in [-0.15, -0.1) is 0 Å². The van der Waals surface area contributed by atoms with E-state index >= 15 is 0 Å². The van der Waals surface area contributed by atoms with E-state index in [1.807, 2.05) is 0 Å². The molecule has 2 N–H and O–H groups in total. The lowest BCUT2D eigenvalue weighted by Gasteiger charge is -2.30. The van der Waals surface area contributed by atoms with Gasteiger partial charge >= 0.3 is 0 Å². The number of nitrogens with two attached hydrogens (primary N) is 1. The third-order valence-electron chi connectivity index (χ3n) is 3.44.